The maximum absolute atomic E-state index is 12.9. The van der Waals surface area contributed by atoms with Crippen molar-refractivity contribution in [2.24, 2.45) is 0 Å². The summed E-state index contributed by atoms with van der Waals surface area (Å²) >= 11 is 0. The van der Waals surface area contributed by atoms with Gasteiger partial charge in [-0.1, -0.05) is 0 Å². The van der Waals surface area contributed by atoms with Crippen LogP contribution in [0.4, 0.5) is 13.2 Å². The summed E-state index contributed by atoms with van der Waals surface area (Å²) in [4.78, 5) is 0. The van der Waals surface area contributed by atoms with Gasteiger partial charge < -0.3 is 14.6 Å². The fraction of sp³-hybridized carbons (Fsp3) is 0.500. The summed E-state index contributed by atoms with van der Waals surface area (Å²) in [5, 5.41) is 8.72. The van der Waals surface area contributed by atoms with E-state index in [9.17, 15) is 13.2 Å². The molecule has 0 amide bonds. The minimum absolute atomic E-state index is 0.126. The van der Waals surface area contributed by atoms with Gasteiger partial charge in [0.05, 0.1) is 5.56 Å². The summed E-state index contributed by atoms with van der Waals surface area (Å²) in [6.07, 6.45) is -3.99. The number of fused-ring (bicyclic) bond motifs is 1. The van der Waals surface area contributed by atoms with Crippen molar-refractivity contribution < 1.29 is 27.8 Å². The third kappa shape index (κ3) is 2.69. The summed E-state index contributed by atoms with van der Waals surface area (Å²) < 4.78 is 49.1. The van der Waals surface area contributed by atoms with Crippen LogP contribution in [0.15, 0.2) is 12.1 Å². The van der Waals surface area contributed by atoms with E-state index >= 15 is 0 Å². The highest BCUT2D eigenvalue weighted by Gasteiger charge is 2.35. The van der Waals surface area contributed by atoms with Crippen molar-refractivity contribution in [3.63, 3.8) is 0 Å². The molecule has 0 saturated carbocycles. The van der Waals surface area contributed by atoms with Crippen molar-refractivity contribution >= 4 is 0 Å². The summed E-state index contributed by atoms with van der Waals surface area (Å²) in [6, 6.07) is 2.33. The van der Waals surface area contributed by atoms with Crippen molar-refractivity contribution in [2.75, 3.05) is 19.8 Å². The minimum Gasteiger partial charge on any atom is -0.486 e. The second-order valence-electron chi connectivity index (χ2n) is 3.98. The van der Waals surface area contributed by atoms with Crippen LogP contribution < -0.4 is 9.47 Å². The van der Waals surface area contributed by atoms with E-state index in [4.69, 9.17) is 14.6 Å². The number of aliphatic hydroxyl groups excluding tert-OH is 1. The van der Waals surface area contributed by atoms with E-state index in [1.807, 2.05) is 0 Å². The van der Waals surface area contributed by atoms with Gasteiger partial charge in [0, 0.05) is 6.61 Å². The van der Waals surface area contributed by atoms with Gasteiger partial charge in [-0.15, -0.1) is 0 Å². The number of hydrogen-bond donors (Lipinski definition) is 1. The predicted octanol–water partition coefficient (Wildman–Crippen LogP) is 2.40. The molecule has 0 unspecified atom stereocenters. The van der Waals surface area contributed by atoms with E-state index < -0.39 is 11.7 Å². The number of hydrogen-bond acceptors (Lipinski definition) is 3. The van der Waals surface area contributed by atoms with Crippen LogP contribution in [0.25, 0.3) is 0 Å². The van der Waals surface area contributed by atoms with Gasteiger partial charge in [-0.3, -0.25) is 0 Å². The quantitative estimate of drug-likeness (QED) is 0.909. The van der Waals surface area contributed by atoms with Gasteiger partial charge in [0.2, 0.25) is 0 Å². The second kappa shape index (κ2) is 5.06. The molecule has 1 aliphatic rings. The molecule has 0 aromatic heterocycles. The number of alkyl halides is 3. The van der Waals surface area contributed by atoms with E-state index in [1.165, 1.54) is 6.07 Å². The Morgan fingerprint density at radius 3 is 2.28 bits per heavy atom. The molecule has 18 heavy (non-hydrogen) atoms. The van der Waals surface area contributed by atoms with Crippen molar-refractivity contribution in [3.8, 4) is 11.5 Å². The Morgan fingerprint density at radius 2 is 1.72 bits per heavy atom. The molecule has 0 atom stereocenters. The lowest BCUT2D eigenvalue weighted by Gasteiger charge is -2.22. The molecule has 100 valence electrons. The highest BCUT2D eigenvalue weighted by Crippen LogP contribution is 2.40. The van der Waals surface area contributed by atoms with Crippen molar-refractivity contribution in [2.45, 2.75) is 19.0 Å². The summed E-state index contributed by atoms with van der Waals surface area (Å²) in [7, 11) is 0. The van der Waals surface area contributed by atoms with E-state index in [-0.39, 0.29) is 37.4 Å². The number of aryl methyl sites for hydroxylation is 1. The van der Waals surface area contributed by atoms with Crippen LogP contribution in [0.3, 0.4) is 0 Å². The molecule has 0 saturated heterocycles. The van der Waals surface area contributed by atoms with Gasteiger partial charge in [0.1, 0.15) is 13.2 Å². The zero-order valence-electron chi connectivity index (χ0n) is 9.59. The number of aliphatic hydroxyl groups is 1. The van der Waals surface area contributed by atoms with Crippen LogP contribution in [-0.4, -0.2) is 24.9 Å². The van der Waals surface area contributed by atoms with Crippen LogP contribution in [0.1, 0.15) is 17.5 Å². The first kappa shape index (κ1) is 13.0. The van der Waals surface area contributed by atoms with Crippen LogP contribution >= 0.6 is 0 Å². The SMILES string of the molecule is OCCCc1cc2c(cc1C(F)(F)F)OCCO2. The Kier molecular flexibility index (Phi) is 3.65. The molecule has 1 aliphatic heterocycles. The smallest absolute Gasteiger partial charge is 0.416 e. The molecule has 0 bridgehead atoms. The average molecular weight is 262 g/mol. The third-order valence-corrected chi connectivity index (χ3v) is 2.68. The lowest BCUT2D eigenvalue weighted by atomic mass is 10.0. The van der Waals surface area contributed by atoms with Crippen LogP contribution in [0, 0.1) is 0 Å². The molecular formula is C12H13F3O3. The average Bonchev–Trinajstić information content (AvgIpc) is 2.34. The topological polar surface area (TPSA) is 38.7 Å². The van der Waals surface area contributed by atoms with Crippen LogP contribution in [0.5, 0.6) is 11.5 Å². The number of ether oxygens (including phenoxy) is 2. The van der Waals surface area contributed by atoms with Crippen LogP contribution in [-0.2, 0) is 12.6 Å². The van der Waals surface area contributed by atoms with E-state index in [1.54, 1.807) is 0 Å². The van der Waals surface area contributed by atoms with Gasteiger partial charge in [-0.05, 0) is 30.5 Å². The maximum atomic E-state index is 12.9. The van der Waals surface area contributed by atoms with Crippen molar-refractivity contribution in [3.05, 3.63) is 23.3 Å². The third-order valence-electron chi connectivity index (χ3n) is 2.68. The van der Waals surface area contributed by atoms with E-state index in [0.717, 1.165) is 6.07 Å². The highest BCUT2D eigenvalue weighted by atomic mass is 19.4. The zero-order chi connectivity index (χ0) is 13.2. The first-order chi connectivity index (χ1) is 8.52. The minimum atomic E-state index is -4.43. The lowest BCUT2D eigenvalue weighted by molar-refractivity contribution is -0.138. The van der Waals surface area contributed by atoms with Gasteiger partial charge in [0.15, 0.2) is 11.5 Å². The summed E-state index contributed by atoms with van der Waals surface area (Å²) in [5.74, 6) is 0.462. The molecule has 1 N–H and O–H groups in total. The Labute approximate surface area is 102 Å². The van der Waals surface area contributed by atoms with Gasteiger partial charge in [0.25, 0.3) is 0 Å². The molecule has 6 heteroatoms. The Bertz CT molecular complexity index is 429. The molecular weight excluding hydrogens is 249 g/mol. The zero-order valence-corrected chi connectivity index (χ0v) is 9.59. The summed E-state index contributed by atoms with van der Waals surface area (Å²) in [5.41, 5.74) is -0.596. The Hall–Kier alpha value is -1.43. The van der Waals surface area contributed by atoms with Gasteiger partial charge in [-0.2, -0.15) is 13.2 Å². The van der Waals surface area contributed by atoms with Gasteiger partial charge in [-0.25, -0.2) is 0 Å². The molecule has 0 spiro atoms. The second-order valence-corrected chi connectivity index (χ2v) is 3.98. The number of rotatable bonds is 3. The lowest BCUT2D eigenvalue weighted by Crippen LogP contribution is -2.18. The molecule has 1 aromatic rings. The normalized spacial score (nSPS) is 14.7. The first-order valence-corrected chi connectivity index (χ1v) is 5.63. The Morgan fingerprint density at radius 1 is 1.11 bits per heavy atom. The standard InChI is InChI=1S/C12H13F3O3/c13-12(14,15)9-7-11-10(17-4-5-18-11)6-8(9)2-1-3-16/h6-7,16H,1-5H2. The van der Waals surface area contributed by atoms with E-state index in [0.29, 0.717) is 12.4 Å². The number of benzene rings is 1. The molecule has 1 heterocycles. The molecule has 2 rings (SSSR count). The van der Waals surface area contributed by atoms with E-state index in [2.05, 4.69) is 0 Å². The molecule has 0 fully saturated rings. The van der Waals surface area contributed by atoms with Crippen molar-refractivity contribution in [1.82, 2.24) is 0 Å². The molecule has 3 nitrogen and oxygen atoms in total. The Balaban J connectivity index is 2.41. The monoisotopic (exact) mass is 262 g/mol. The first-order valence-electron chi connectivity index (χ1n) is 5.63. The summed E-state index contributed by atoms with van der Waals surface area (Å²) in [6.45, 7) is 0.434. The fourth-order valence-corrected chi connectivity index (χ4v) is 1.87. The predicted molar refractivity (Wildman–Crippen MR) is 57.8 cm³/mol. The van der Waals surface area contributed by atoms with Crippen molar-refractivity contribution in [1.29, 1.82) is 0 Å². The molecule has 0 radical (unpaired) electrons. The highest BCUT2D eigenvalue weighted by molar-refractivity contribution is 5.49. The number of halogens is 3. The fourth-order valence-electron chi connectivity index (χ4n) is 1.87. The largest absolute Gasteiger partial charge is 0.486 e. The maximum Gasteiger partial charge on any atom is 0.416 e. The van der Waals surface area contributed by atoms with Gasteiger partial charge >= 0.3 is 6.18 Å². The van der Waals surface area contributed by atoms with Crippen LogP contribution in [0.2, 0.25) is 0 Å². The molecule has 1 aromatic carbocycles. The molecule has 0 aliphatic carbocycles.